The van der Waals surface area contributed by atoms with Crippen LogP contribution in [-0.4, -0.2) is 43.5 Å². The average molecular weight is 453 g/mol. The van der Waals surface area contributed by atoms with Crippen molar-refractivity contribution in [1.82, 2.24) is 9.80 Å². The van der Waals surface area contributed by atoms with Crippen molar-refractivity contribution in [2.75, 3.05) is 33.7 Å². The molecule has 0 radical (unpaired) electrons. The lowest BCUT2D eigenvalue weighted by atomic mass is 9.69. The molecular weight excluding hydrogens is 412 g/mol. The molecule has 2 nitrogen and oxygen atoms in total. The smallest absolute Gasteiger partial charge is 0.0606 e. The van der Waals surface area contributed by atoms with E-state index in [4.69, 9.17) is 0 Å². The lowest BCUT2D eigenvalue weighted by molar-refractivity contribution is 0.159. The van der Waals surface area contributed by atoms with Crippen molar-refractivity contribution in [3.63, 3.8) is 0 Å². The van der Waals surface area contributed by atoms with Gasteiger partial charge in [0.05, 0.1) is 5.41 Å². The Labute approximate surface area is 206 Å². The van der Waals surface area contributed by atoms with E-state index in [1.807, 2.05) is 0 Å². The summed E-state index contributed by atoms with van der Waals surface area (Å²) >= 11 is 0. The van der Waals surface area contributed by atoms with Crippen LogP contribution in [0.1, 0.15) is 48.4 Å². The van der Waals surface area contributed by atoms with Crippen molar-refractivity contribution >= 4 is 0 Å². The first-order valence-electron chi connectivity index (χ1n) is 12.6. The second-order valence-corrected chi connectivity index (χ2v) is 10.5. The van der Waals surface area contributed by atoms with Crippen molar-refractivity contribution in [2.45, 2.75) is 43.9 Å². The Hall–Kier alpha value is -2.84. The number of piperidine rings is 1. The van der Waals surface area contributed by atoms with Gasteiger partial charge in [-0.15, -0.1) is 0 Å². The van der Waals surface area contributed by atoms with Gasteiger partial charge in [-0.3, -0.25) is 0 Å². The maximum Gasteiger partial charge on any atom is 0.0606 e. The number of nitrogens with zero attached hydrogens (tertiary/aromatic N) is 2. The summed E-state index contributed by atoms with van der Waals surface area (Å²) in [5.41, 5.74) is 6.64. The lowest BCUT2D eigenvalue weighted by Crippen LogP contribution is -2.44. The molecule has 1 aliphatic rings. The third-order valence-corrected chi connectivity index (χ3v) is 8.08. The van der Waals surface area contributed by atoms with Gasteiger partial charge < -0.3 is 9.80 Å². The molecule has 3 aromatic rings. The maximum atomic E-state index is 4.62. The van der Waals surface area contributed by atoms with Gasteiger partial charge in [0.25, 0.3) is 0 Å². The van der Waals surface area contributed by atoms with Crippen molar-refractivity contribution < 1.29 is 0 Å². The molecule has 4 rings (SSSR count). The Morgan fingerprint density at radius 3 is 1.82 bits per heavy atom. The number of likely N-dealkylation sites (tertiary alicyclic amines) is 1. The zero-order valence-electron chi connectivity index (χ0n) is 21.4. The number of likely N-dealkylation sites (N-methyl/N-ethyl adjacent to an activating group) is 1. The van der Waals surface area contributed by atoms with Gasteiger partial charge in [0.2, 0.25) is 0 Å². The summed E-state index contributed by atoms with van der Waals surface area (Å²) in [5, 5.41) is 0. The minimum Gasteiger partial charge on any atom is -0.380 e. The summed E-state index contributed by atoms with van der Waals surface area (Å²) in [7, 11) is 4.24. The van der Waals surface area contributed by atoms with Crippen LogP contribution in [0.5, 0.6) is 0 Å². The molecular formula is C32H40N2. The van der Waals surface area contributed by atoms with Gasteiger partial charge in [-0.2, -0.15) is 0 Å². The molecule has 3 aromatic carbocycles. The second kappa shape index (κ2) is 10.2. The molecule has 0 amide bonds. The fourth-order valence-corrected chi connectivity index (χ4v) is 5.60. The van der Waals surface area contributed by atoms with Crippen LogP contribution in [0.4, 0.5) is 0 Å². The first kappa shape index (κ1) is 24.3. The van der Waals surface area contributed by atoms with Crippen LogP contribution in [0.15, 0.2) is 97.2 Å². The van der Waals surface area contributed by atoms with E-state index in [2.05, 4.69) is 129 Å². The fraction of sp³-hybridized carbons (Fsp3) is 0.375. The zero-order valence-corrected chi connectivity index (χ0v) is 21.4. The fourth-order valence-electron chi connectivity index (χ4n) is 5.60. The molecule has 0 saturated carbocycles. The predicted molar refractivity (Wildman–Crippen MR) is 145 cm³/mol. The van der Waals surface area contributed by atoms with Crippen molar-refractivity contribution in [3.8, 4) is 0 Å². The highest BCUT2D eigenvalue weighted by Crippen LogP contribution is 2.43. The Balaban J connectivity index is 1.57. The highest BCUT2D eigenvalue weighted by molar-refractivity contribution is 5.47. The van der Waals surface area contributed by atoms with E-state index in [0.717, 1.165) is 31.8 Å². The molecule has 0 aliphatic carbocycles. The first-order chi connectivity index (χ1) is 16.3. The molecule has 0 N–H and O–H groups in total. The molecule has 1 fully saturated rings. The number of aryl methyl sites for hydroxylation is 1. The van der Waals surface area contributed by atoms with Gasteiger partial charge in [-0.1, -0.05) is 104 Å². The number of benzene rings is 3. The van der Waals surface area contributed by atoms with Gasteiger partial charge >= 0.3 is 0 Å². The van der Waals surface area contributed by atoms with Crippen LogP contribution in [0, 0.1) is 6.92 Å². The van der Waals surface area contributed by atoms with Crippen LogP contribution in [-0.2, 0) is 10.8 Å². The molecule has 0 atom stereocenters. The highest BCUT2D eigenvalue weighted by atomic mass is 15.1. The van der Waals surface area contributed by atoms with Crippen molar-refractivity contribution in [3.05, 3.63) is 119 Å². The summed E-state index contributed by atoms with van der Waals surface area (Å²) in [6.45, 7) is 12.6. The van der Waals surface area contributed by atoms with Crippen LogP contribution in [0.2, 0.25) is 0 Å². The van der Waals surface area contributed by atoms with Crippen LogP contribution < -0.4 is 0 Å². The Bertz CT molecular complexity index is 1020. The second-order valence-electron chi connectivity index (χ2n) is 10.5. The van der Waals surface area contributed by atoms with Crippen LogP contribution >= 0.6 is 0 Å². The van der Waals surface area contributed by atoms with E-state index >= 15 is 0 Å². The molecule has 1 saturated heterocycles. The molecule has 1 aliphatic heterocycles. The van der Waals surface area contributed by atoms with Gasteiger partial charge in [0.15, 0.2) is 0 Å². The molecule has 0 aromatic heterocycles. The predicted octanol–water partition coefficient (Wildman–Crippen LogP) is 6.80. The van der Waals surface area contributed by atoms with Crippen molar-refractivity contribution in [2.24, 2.45) is 0 Å². The normalized spacial score (nSPS) is 16.2. The van der Waals surface area contributed by atoms with E-state index in [0.29, 0.717) is 0 Å². The first-order valence-corrected chi connectivity index (χ1v) is 12.6. The monoisotopic (exact) mass is 452 g/mol. The van der Waals surface area contributed by atoms with Gasteiger partial charge in [0.1, 0.15) is 0 Å². The average Bonchev–Trinajstić information content (AvgIpc) is 2.87. The zero-order chi connectivity index (χ0) is 24.2. The molecule has 2 heteroatoms. The quantitative estimate of drug-likeness (QED) is 0.371. The van der Waals surface area contributed by atoms with Crippen molar-refractivity contribution in [1.29, 1.82) is 0 Å². The largest absolute Gasteiger partial charge is 0.380 e. The summed E-state index contributed by atoms with van der Waals surface area (Å²) in [4.78, 5) is 4.87. The molecule has 0 spiro atoms. The van der Waals surface area contributed by atoms with Crippen LogP contribution in [0.25, 0.3) is 0 Å². The number of rotatable bonds is 8. The van der Waals surface area contributed by atoms with E-state index in [9.17, 15) is 0 Å². The summed E-state index contributed by atoms with van der Waals surface area (Å²) in [5.74, 6) is 0. The van der Waals surface area contributed by atoms with Gasteiger partial charge in [0, 0.05) is 19.8 Å². The summed E-state index contributed by atoms with van der Waals surface area (Å²) in [6, 6.07) is 31.1. The highest BCUT2D eigenvalue weighted by Gasteiger charge is 2.39. The topological polar surface area (TPSA) is 6.48 Å². The Kier molecular flexibility index (Phi) is 7.28. The van der Waals surface area contributed by atoms with E-state index in [-0.39, 0.29) is 10.8 Å². The third kappa shape index (κ3) is 4.83. The minimum absolute atomic E-state index is 0.246. The Morgan fingerprint density at radius 2 is 1.35 bits per heavy atom. The Morgan fingerprint density at radius 1 is 0.853 bits per heavy atom. The maximum absolute atomic E-state index is 4.62. The number of hydrogen-bond donors (Lipinski definition) is 0. The molecule has 0 unspecified atom stereocenters. The standard InChI is InChI=1S/C32H40N2/c1-26-16-18-28(19-17-26)31(3)20-23-34(24-21-31)25-22-32(27(2)33(4)5,29-12-8-6-9-13-29)30-14-10-7-11-15-30/h6-19H,2,20-25H2,1,3-5H3. The number of allylic oxidation sites excluding steroid dienone is 1. The van der Waals surface area contributed by atoms with Gasteiger partial charge in [-0.05, 0) is 67.9 Å². The summed E-state index contributed by atoms with van der Waals surface area (Å²) < 4.78 is 0. The van der Waals surface area contributed by atoms with Gasteiger partial charge in [-0.25, -0.2) is 0 Å². The molecule has 34 heavy (non-hydrogen) atoms. The molecule has 178 valence electrons. The van der Waals surface area contributed by atoms with E-state index in [1.165, 1.54) is 35.1 Å². The third-order valence-electron chi connectivity index (χ3n) is 8.08. The molecule has 0 bridgehead atoms. The molecule has 1 heterocycles. The van der Waals surface area contributed by atoms with E-state index in [1.54, 1.807) is 0 Å². The number of hydrogen-bond acceptors (Lipinski definition) is 2. The van der Waals surface area contributed by atoms with E-state index < -0.39 is 0 Å². The van der Waals surface area contributed by atoms with Crippen LogP contribution in [0.3, 0.4) is 0 Å². The SMILES string of the molecule is C=C(N(C)C)C(CCN1CCC(C)(c2ccc(C)cc2)CC1)(c1ccccc1)c1ccccc1. The summed E-state index contributed by atoms with van der Waals surface area (Å²) in [6.07, 6.45) is 3.42. The lowest BCUT2D eigenvalue weighted by Gasteiger charge is -2.44. The minimum atomic E-state index is -0.246.